The highest BCUT2D eigenvalue weighted by atomic mass is 16.5. The number of aromatic amines is 1. The molecule has 3 N–H and O–H groups in total. The summed E-state index contributed by atoms with van der Waals surface area (Å²) in [6, 6.07) is 20.4. The third kappa shape index (κ3) is 2.92. The van der Waals surface area contributed by atoms with Crippen molar-refractivity contribution in [2.24, 2.45) is 0 Å². The molecule has 0 atom stereocenters. The van der Waals surface area contributed by atoms with Gasteiger partial charge in [-0.25, -0.2) is 0 Å². The number of aromatic nitrogens is 1. The molecule has 4 rings (SSSR count). The summed E-state index contributed by atoms with van der Waals surface area (Å²) in [6.07, 6.45) is 0. The minimum Gasteiger partial charge on any atom is -0.491 e. The molecule has 4 aromatic rings. The first-order valence-corrected chi connectivity index (χ1v) is 8.28. The van der Waals surface area contributed by atoms with Gasteiger partial charge in [-0.3, -0.25) is 0 Å². The number of nitrogen functional groups attached to an aromatic ring is 1. The molecule has 0 saturated heterocycles. The van der Waals surface area contributed by atoms with Crippen LogP contribution in [0.25, 0.3) is 32.9 Å². The smallest absolute Gasteiger partial charge is 0.119 e. The highest BCUT2D eigenvalue weighted by Crippen LogP contribution is 2.35. The predicted molar refractivity (Wildman–Crippen MR) is 103 cm³/mol. The van der Waals surface area contributed by atoms with Crippen LogP contribution in [0, 0.1) is 0 Å². The zero-order chi connectivity index (χ0) is 17.2. The molecular formula is C21H20N2O2. The number of fused-ring (bicyclic) bond motifs is 3. The van der Waals surface area contributed by atoms with Crippen LogP contribution in [0.2, 0.25) is 0 Å². The lowest BCUT2D eigenvalue weighted by atomic mass is 10.0. The Morgan fingerprint density at radius 1 is 0.920 bits per heavy atom. The molecule has 0 spiro atoms. The van der Waals surface area contributed by atoms with Gasteiger partial charge in [0.15, 0.2) is 0 Å². The molecule has 0 bridgehead atoms. The molecule has 0 radical (unpaired) electrons. The fraction of sp³-hybridized carbons (Fsp3) is 0.143. The van der Waals surface area contributed by atoms with Crippen molar-refractivity contribution >= 4 is 27.5 Å². The molecule has 0 aliphatic rings. The van der Waals surface area contributed by atoms with E-state index in [2.05, 4.69) is 29.2 Å². The normalized spacial score (nSPS) is 11.2. The van der Waals surface area contributed by atoms with E-state index in [1.807, 2.05) is 36.4 Å². The van der Waals surface area contributed by atoms with Gasteiger partial charge in [-0.2, -0.15) is 0 Å². The Morgan fingerprint density at radius 2 is 1.72 bits per heavy atom. The summed E-state index contributed by atoms with van der Waals surface area (Å²) in [7, 11) is 1.66. The standard InChI is InChI=1S/C21H20N2O2/c1-24-10-11-25-16-8-6-14(7-9-16)18-12-15(22)13-19-17-4-2-3-5-20(17)23-21(18)19/h2-9,12-13,23H,10-11,22H2,1H3. The van der Waals surface area contributed by atoms with Crippen molar-refractivity contribution in [2.75, 3.05) is 26.1 Å². The molecule has 0 unspecified atom stereocenters. The van der Waals surface area contributed by atoms with Crippen LogP contribution in [0.4, 0.5) is 5.69 Å². The molecule has 126 valence electrons. The number of hydrogen-bond donors (Lipinski definition) is 2. The second-order valence-corrected chi connectivity index (χ2v) is 6.03. The summed E-state index contributed by atoms with van der Waals surface area (Å²) in [5.41, 5.74) is 11.3. The summed E-state index contributed by atoms with van der Waals surface area (Å²) < 4.78 is 10.6. The van der Waals surface area contributed by atoms with E-state index in [4.69, 9.17) is 15.2 Å². The van der Waals surface area contributed by atoms with Gasteiger partial charge in [0.25, 0.3) is 0 Å². The van der Waals surface area contributed by atoms with Crippen LogP contribution in [-0.2, 0) is 4.74 Å². The number of H-pyrrole nitrogens is 1. The van der Waals surface area contributed by atoms with Crippen molar-refractivity contribution in [1.29, 1.82) is 0 Å². The van der Waals surface area contributed by atoms with Crippen LogP contribution < -0.4 is 10.5 Å². The van der Waals surface area contributed by atoms with Gasteiger partial charge in [0.05, 0.1) is 12.1 Å². The van der Waals surface area contributed by atoms with E-state index in [0.29, 0.717) is 13.2 Å². The Labute approximate surface area is 146 Å². The molecule has 1 aromatic heterocycles. The predicted octanol–water partition coefficient (Wildman–Crippen LogP) is 4.60. The first kappa shape index (κ1) is 15.5. The highest BCUT2D eigenvalue weighted by Gasteiger charge is 2.11. The van der Waals surface area contributed by atoms with E-state index in [1.54, 1.807) is 7.11 Å². The average molecular weight is 332 g/mol. The lowest BCUT2D eigenvalue weighted by Gasteiger charge is -2.09. The number of nitrogens with one attached hydrogen (secondary N) is 1. The van der Waals surface area contributed by atoms with Crippen LogP contribution in [0.15, 0.2) is 60.7 Å². The Balaban J connectivity index is 1.78. The Kier molecular flexibility index (Phi) is 4.04. The maximum atomic E-state index is 6.17. The minimum absolute atomic E-state index is 0.542. The molecule has 4 nitrogen and oxygen atoms in total. The molecule has 3 aromatic carbocycles. The summed E-state index contributed by atoms with van der Waals surface area (Å²) >= 11 is 0. The number of ether oxygens (including phenoxy) is 2. The van der Waals surface area contributed by atoms with Crippen molar-refractivity contribution in [3.8, 4) is 16.9 Å². The number of para-hydroxylation sites is 1. The van der Waals surface area contributed by atoms with Crippen LogP contribution in [0.3, 0.4) is 0 Å². The molecule has 0 saturated carbocycles. The highest BCUT2D eigenvalue weighted by molar-refractivity contribution is 6.13. The molecule has 0 aliphatic heterocycles. The maximum absolute atomic E-state index is 6.17. The zero-order valence-electron chi connectivity index (χ0n) is 14.1. The summed E-state index contributed by atoms with van der Waals surface area (Å²) in [5.74, 6) is 0.831. The van der Waals surface area contributed by atoms with Gasteiger partial charge in [0.1, 0.15) is 12.4 Å². The third-order valence-electron chi connectivity index (χ3n) is 4.36. The first-order chi connectivity index (χ1) is 12.3. The quantitative estimate of drug-likeness (QED) is 0.415. The Morgan fingerprint density at radius 3 is 2.52 bits per heavy atom. The molecule has 4 heteroatoms. The van der Waals surface area contributed by atoms with E-state index < -0.39 is 0 Å². The molecule has 0 fully saturated rings. The van der Waals surface area contributed by atoms with Crippen molar-refractivity contribution in [3.05, 3.63) is 60.7 Å². The topological polar surface area (TPSA) is 60.3 Å². The van der Waals surface area contributed by atoms with Gasteiger partial charge in [-0.15, -0.1) is 0 Å². The number of methoxy groups -OCH3 is 1. The van der Waals surface area contributed by atoms with E-state index in [-0.39, 0.29) is 0 Å². The second kappa shape index (κ2) is 6.49. The van der Waals surface area contributed by atoms with Gasteiger partial charge in [0.2, 0.25) is 0 Å². The second-order valence-electron chi connectivity index (χ2n) is 6.03. The summed E-state index contributed by atoms with van der Waals surface area (Å²) in [6.45, 7) is 1.12. The van der Waals surface area contributed by atoms with E-state index >= 15 is 0 Å². The zero-order valence-corrected chi connectivity index (χ0v) is 14.1. The van der Waals surface area contributed by atoms with Crippen molar-refractivity contribution in [2.45, 2.75) is 0 Å². The Hall–Kier alpha value is -2.98. The Bertz CT molecular complexity index is 1020. The summed E-state index contributed by atoms with van der Waals surface area (Å²) in [5, 5.41) is 2.33. The maximum Gasteiger partial charge on any atom is 0.119 e. The monoisotopic (exact) mass is 332 g/mol. The molecule has 0 aliphatic carbocycles. The lowest BCUT2D eigenvalue weighted by molar-refractivity contribution is 0.146. The van der Waals surface area contributed by atoms with Crippen LogP contribution in [0.1, 0.15) is 0 Å². The minimum atomic E-state index is 0.542. The number of rotatable bonds is 5. The molecular weight excluding hydrogens is 312 g/mol. The number of hydrogen-bond acceptors (Lipinski definition) is 3. The fourth-order valence-electron chi connectivity index (χ4n) is 3.17. The van der Waals surface area contributed by atoms with Gasteiger partial charge in [-0.1, -0.05) is 30.3 Å². The van der Waals surface area contributed by atoms with Gasteiger partial charge in [-0.05, 0) is 35.9 Å². The SMILES string of the molecule is COCCOc1ccc(-c2cc(N)cc3c2[nH]c2ccccc23)cc1. The number of anilines is 1. The van der Waals surface area contributed by atoms with E-state index in [0.717, 1.165) is 39.0 Å². The first-order valence-electron chi connectivity index (χ1n) is 8.28. The fourth-order valence-corrected chi connectivity index (χ4v) is 3.17. The average Bonchev–Trinajstić information content (AvgIpc) is 3.01. The lowest BCUT2D eigenvalue weighted by Crippen LogP contribution is -2.03. The molecule has 1 heterocycles. The van der Waals surface area contributed by atoms with Crippen molar-refractivity contribution < 1.29 is 9.47 Å². The van der Waals surface area contributed by atoms with Gasteiger partial charge < -0.3 is 20.2 Å². The molecule has 0 amide bonds. The van der Waals surface area contributed by atoms with E-state index in [1.165, 1.54) is 5.39 Å². The van der Waals surface area contributed by atoms with Crippen LogP contribution in [-0.4, -0.2) is 25.3 Å². The van der Waals surface area contributed by atoms with Crippen LogP contribution in [0.5, 0.6) is 5.75 Å². The third-order valence-corrected chi connectivity index (χ3v) is 4.36. The molecule has 25 heavy (non-hydrogen) atoms. The largest absolute Gasteiger partial charge is 0.491 e. The number of nitrogens with two attached hydrogens (primary N) is 1. The van der Waals surface area contributed by atoms with Crippen LogP contribution >= 0.6 is 0 Å². The van der Waals surface area contributed by atoms with Gasteiger partial charge in [0, 0.05) is 34.6 Å². The van der Waals surface area contributed by atoms with Gasteiger partial charge >= 0.3 is 0 Å². The summed E-state index contributed by atoms with van der Waals surface area (Å²) in [4.78, 5) is 3.53. The van der Waals surface area contributed by atoms with Crippen molar-refractivity contribution in [3.63, 3.8) is 0 Å². The van der Waals surface area contributed by atoms with E-state index in [9.17, 15) is 0 Å². The van der Waals surface area contributed by atoms with Crippen molar-refractivity contribution in [1.82, 2.24) is 4.98 Å². The number of benzene rings is 3.